The second kappa shape index (κ2) is 4.81. The van der Waals surface area contributed by atoms with Crippen LogP contribution in [-0.2, 0) is 9.47 Å². The van der Waals surface area contributed by atoms with E-state index in [0.29, 0.717) is 6.26 Å². The molecule has 90 valence electrons. The molecule has 0 heterocycles. The molecule has 0 fully saturated rings. The summed E-state index contributed by atoms with van der Waals surface area (Å²) in [5.74, 6) is -5.13. The van der Waals surface area contributed by atoms with Gasteiger partial charge in [0.05, 0.1) is 6.26 Å². The van der Waals surface area contributed by atoms with Gasteiger partial charge in [0.25, 0.3) is 0 Å². The third-order valence-corrected chi connectivity index (χ3v) is 2.54. The van der Waals surface area contributed by atoms with E-state index in [1.165, 1.54) is 6.92 Å². The highest BCUT2D eigenvalue weighted by Crippen LogP contribution is 2.49. The molecule has 0 aromatic rings. The van der Waals surface area contributed by atoms with Crippen molar-refractivity contribution in [1.29, 1.82) is 0 Å². The van der Waals surface area contributed by atoms with E-state index in [9.17, 15) is 22.0 Å². The molecular formula is C7H8F5IO2. The van der Waals surface area contributed by atoms with Crippen molar-refractivity contribution in [1.82, 2.24) is 0 Å². The van der Waals surface area contributed by atoms with Gasteiger partial charge >= 0.3 is 15.9 Å². The Morgan fingerprint density at radius 2 is 1.73 bits per heavy atom. The molecule has 0 aromatic heterocycles. The van der Waals surface area contributed by atoms with E-state index >= 15 is 0 Å². The van der Waals surface area contributed by atoms with Crippen LogP contribution in [0.1, 0.15) is 6.92 Å². The molecular weight excluding hydrogens is 338 g/mol. The van der Waals surface area contributed by atoms with Crippen LogP contribution in [-0.4, -0.2) is 22.5 Å². The Morgan fingerprint density at radius 3 is 2.00 bits per heavy atom. The van der Waals surface area contributed by atoms with Crippen molar-refractivity contribution in [2.75, 3.05) is 6.61 Å². The standard InChI is InChI=1S/C7H8F5IO2/c1-3-14-7(13,15-4-2)5(8,9)6(10,11)12/h3H,1,4H2,2H3. The summed E-state index contributed by atoms with van der Waals surface area (Å²) in [5, 5.41) is 0. The van der Waals surface area contributed by atoms with Crippen LogP contribution in [0.4, 0.5) is 22.0 Å². The highest BCUT2D eigenvalue weighted by Gasteiger charge is 2.72. The number of rotatable bonds is 5. The summed E-state index contributed by atoms with van der Waals surface area (Å²) in [5.41, 5.74) is 0. The smallest absolute Gasteiger partial charge is 0.456 e. The van der Waals surface area contributed by atoms with E-state index in [-0.39, 0.29) is 6.61 Å². The van der Waals surface area contributed by atoms with Crippen molar-refractivity contribution < 1.29 is 31.4 Å². The molecule has 0 bridgehead atoms. The van der Waals surface area contributed by atoms with E-state index in [0.717, 1.165) is 22.6 Å². The van der Waals surface area contributed by atoms with Crippen LogP contribution in [0.3, 0.4) is 0 Å². The Kier molecular flexibility index (Phi) is 4.77. The van der Waals surface area contributed by atoms with Gasteiger partial charge < -0.3 is 9.47 Å². The van der Waals surface area contributed by atoms with Crippen LogP contribution in [0.2, 0.25) is 0 Å². The molecule has 0 aliphatic heterocycles. The minimum absolute atomic E-state index is 0.359. The lowest BCUT2D eigenvalue weighted by Gasteiger charge is -2.34. The molecule has 0 aliphatic carbocycles. The highest BCUT2D eigenvalue weighted by atomic mass is 127. The lowest BCUT2D eigenvalue weighted by molar-refractivity contribution is -0.363. The van der Waals surface area contributed by atoms with Crippen molar-refractivity contribution in [2.24, 2.45) is 0 Å². The summed E-state index contributed by atoms with van der Waals surface area (Å²) in [6.07, 6.45) is -5.28. The van der Waals surface area contributed by atoms with Gasteiger partial charge in [-0.2, -0.15) is 22.0 Å². The van der Waals surface area contributed by atoms with Gasteiger partial charge in [-0.3, -0.25) is 0 Å². The van der Waals surface area contributed by atoms with Gasteiger partial charge in [-0.25, -0.2) is 0 Å². The normalized spacial score (nSPS) is 17.0. The Bertz CT molecular complexity index is 230. The second-order valence-electron chi connectivity index (χ2n) is 2.33. The average Bonchev–Trinajstić information content (AvgIpc) is 2.02. The van der Waals surface area contributed by atoms with E-state index < -0.39 is 15.9 Å². The van der Waals surface area contributed by atoms with Gasteiger partial charge in [-0.05, 0) is 6.92 Å². The fourth-order valence-corrected chi connectivity index (χ4v) is 1.46. The van der Waals surface area contributed by atoms with Gasteiger partial charge in [-0.1, -0.05) is 6.58 Å². The largest absolute Gasteiger partial charge is 0.461 e. The third-order valence-electron chi connectivity index (χ3n) is 1.30. The quantitative estimate of drug-likeness (QED) is 0.250. The van der Waals surface area contributed by atoms with Crippen LogP contribution < -0.4 is 0 Å². The zero-order valence-electron chi connectivity index (χ0n) is 7.58. The molecule has 1 unspecified atom stereocenters. The highest BCUT2D eigenvalue weighted by molar-refractivity contribution is 14.1. The van der Waals surface area contributed by atoms with Crippen molar-refractivity contribution in [2.45, 2.75) is 22.8 Å². The first-order valence-electron chi connectivity index (χ1n) is 3.68. The Morgan fingerprint density at radius 1 is 1.27 bits per heavy atom. The predicted octanol–water partition coefficient (Wildman–Crippen LogP) is 3.47. The Hall–Kier alpha value is -0.120. The molecule has 1 atom stereocenters. The van der Waals surface area contributed by atoms with Gasteiger partial charge in [-0.15, -0.1) is 0 Å². The second-order valence-corrected chi connectivity index (χ2v) is 3.75. The van der Waals surface area contributed by atoms with Gasteiger partial charge in [0.15, 0.2) is 0 Å². The zero-order valence-corrected chi connectivity index (χ0v) is 9.73. The molecule has 0 saturated heterocycles. The lowest BCUT2D eigenvalue weighted by atomic mass is 10.3. The zero-order chi connectivity index (χ0) is 12.3. The molecule has 8 heteroatoms. The summed E-state index contributed by atoms with van der Waals surface area (Å²) in [4.78, 5) is 0. The van der Waals surface area contributed by atoms with Crippen molar-refractivity contribution in [3.63, 3.8) is 0 Å². The summed E-state index contributed by atoms with van der Waals surface area (Å²) in [6.45, 7) is 3.83. The summed E-state index contributed by atoms with van der Waals surface area (Å²) < 4.78 is 67.2. The Labute approximate surface area is 96.6 Å². The molecule has 15 heavy (non-hydrogen) atoms. The van der Waals surface area contributed by atoms with E-state index in [2.05, 4.69) is 16.1 Å². The first-order valence-corrected chi connectivity index (χ1v) is 4.76. The van der Waals surface area contributed by atoms with Gasteiger partial charge in [0.1, 0.15) is 0 Å². The van der Waals surface area contributed by atoms with E-state index in [4.69, 9.17) is 0 Å². The van der Waals surface area contributed by atoms with Gasteiger partial charge in [0.2, 0.25) is 0 Å². The van der Waals surface area contributed by atoms with Gasteiger partial charge in [0, 0.05) is 29.2 Å². The van der Waals surface area contributed by atoms with Crippen molar-refractivity contribution in [3.8, 4) is 0 Å². The van der Waals surface area contributed by atoms with Crippen molar-refractivity contribution >= 4 is 22.6 Å². The van der Waals surface area contributed by atoms with E-state index in [1.54, 1.807) is 0 Å². The Balaban J connectivity index is 5.14. The monoisotopic (exact) mass is 346 g/mol. The maximum absolute atomic E-state index is 12.9. The van der Waals surface area contributed by atoms with Crippen molar-refractivity contribution in [3.05, 3.63) is 12.8 Å². The molecule has 2 nitrogen and oxygen atoms in total. The van der Waals surface area contributed by atoms with E-state index in [1.807, 2.05) is 0 Å². The molecule has 0 aromatic carbocycles. The molecule has 0 rings (SSSR count). The number of halogens is 6. The summed E-state index contributed by atoms with van der Waals surface area (Å²) in [7, 11) is 0. The number of hydrogen-bond donors (Lipinski definition) is 0. The molecule has 0 radical (unpaired) electrons. The topological polar surface area (TPSA) is 18.5 Å². The molecule has 0 saturated carbocycles. The van der Waals surface area contributed by atoms with Crippen LogP contribution in [0, 0.1) is 0 Å². The maximum atomic E-state index is 12.9. The minimum Gasteiger partial charge on any atom is -0.456 e. The van der Waals surface area contributed by atoms with Crippen LogP contribution in [0.5, 0.6) is 0 Å². The van der Waals surface area contributed by atoms with Crippen LogP contribution >= 0.6 is 22.6 Å². The molecule has 0 N–H and O–H groups in total. The first-order chi connectivity index (χ1) is 6.62. The number of ether oxygens (including phenoxy) is 2. The lowest BCUT2D eigenvalue weighted by Crippen LogP contribution is -2.55. The minimum atomic E-state index is -5.76. The fraction of sp³-hybridized carbons (Fsp3) is 0.714. The average molecular weight is 346 g/mol. The fourth-order valence-electron chi connectivity index (χ4n) is 0.661. The SMILES string of the molecule is C=COC(I)(OCC)C(F)(F)C(F)(F)F. The molecule has 0 spiro atoms. The molecule has 0 amide bonds. The van der Waals surface area contributed by atoms with Crippen LogP contribution in [0.25, 0.3) is 0 Å². The number of hydrogen-bond acceptors (Lipinski definition) is 2. The summed E-state index contributed by atoms with van der Waals surface area (Å²) in [6, 6.07) is 0. The first kappa shape index (κ1) is 14.9. The predicted molar refractivity (Wildman–Crippen MR) is 50.7 cm³/mol. The summed E-state index contributed by atoms with van der Waals surface area (Å²) >= 11 is 0.757. The molecule has 0 aliphatic rings. The van der Waals surface area contributed by atoms with Crippen LogP contribution in [0.15, 0.2) is 12.8 Å². The third kappa shape index (κ3) is 2.92. The maximum Gasteiger partial charge on any atom is 0.461 e. The number of alkyl halides is 6.